The normalized spacial score (nSPS) is 15.0. The molecule has 0 saturated carbocycles. The molecule has 37 heavy (non-hydrogen) atoms. The summed E-state index contributed by atoms with van der Waals surface area (Å²) < 4.78 is 49.9. The number of amides is 4. The molecule has 1 N–H and O–H groups in total. The predicted octanol–water partition coefficient (Wildman–Crippen LogP) is 4.60. The maximum absolute atomic E-state index is 13.1. The molecule has 4 amide bonds. The summed E-state index contributed by atoms with van der Waals surface area (Å²) in [7, 11) is 1.47. The molecule has 1 saturated heterocycles. The zero-order valence-corrected chi connectivity index (χ0v) is 19.0. The average molecular weight is 510 g/mol. The quantitative estimate of drug-likeness (QED) is 0.233. The highest BCUT2D eigenvalue weighted by Crippen LogP contribution is 2.33. The van der Waals surface area contributed by atoms with E-state index in [0.717, 1.165) is 24.3 Å². The topological polar surface area (TPSA) is 102 Å². The molecular weight excluding hydrogens is 493 g/mol. The Morgan fingerprint density at radius 1 is 0.946 bits per heavy atom. The summed E-state index contributed by atoms with van der Waals surface area (Å²) in [6.07, 6.45) is -3.63. The highest BCUT2D eigenvalue weighted by molar-refractivity contribution is 6.39. The number of halogens is 3. The lowest BCUT2D eigenvalue weighted by molar-refractivity contribution is -0.137. The zero-order valence-electron chi connectivity index (χ0n) is 19.0. The van der Waals surface area contributed by atoms with Crippen molar-refractivity contribution in [3.63, 3.8) is 0 Å². The smallest absolute Gasteiger partial charge is 0.416 e. The highest BCUT2D eigenvalue weighted by atomic mass is 19.4. The Hall–Kier alpha value is -4.93. The van der Waals surface area contributed by atoms with Gasteiger partial charge in [-0.15, -0.1) is 0 Å². The molecule has 0 aromatic heterocycles. The maximum atomic E-state index is 13.1. The van der Waals surface area contributed by atoms with Crippen LogP contribution in [0.5, 0.6) is 11.5 Å². The van der Waals surface area contributed by atoms with Crippen LogP contribution in [0.1, 0.15) is 21.5 Å². The zero-order chi connectivity index (χ0) is 26.7. The molecular formula is C26H17F3N2O6. The van der Waals surface area contributed by atoms with Gasteiger partial charge in [-0.25, -0.2) is 14.5 Å². The van der Waals surface area contributed by atoms with Gasteiger partial charge in [0.15, 0.2) is 0 Å². The van der Waals surface area contributed by atoms with E-state index in [1.165, 1.54) is 31.4 Å². The molecule has 3 aromatic carbocycles. The van der Waals surface area contributed by atoms with Gasteiger partial charge in [-0.05, 0) is 54.6 Å². The van der Waals surface area contributed by atoms with Crippen molar-refractivity contribution in [1.29, 1.82) is 0 Å². The first-order valence-corrected chi connectivity index (χ1v) is 10.6. The van der Waals surface area contributed by atoms with Crippen molar-refractivity contribution in [2.45, 2.75) is 6.18 Å². The standard InChI is InChI=1S/C26H17F3N2O6/c1-36-19-11-9-15(10-12-19)24(34)37-21-8-3-2-5-16(21)13-20-22(32)30-25(35)31(23(20)33)18-7-4-6-17(14-18)26(27,28)29/h2-14H,1H3,(H,30,32,35)/b20-13-. The number of nitrogens with one attached hydrogen (secondary N) is 1. The second-order valence-corrected chi connectivity index (χ2v) is 7.66. The maximum Gasteiger partial charge on any atom is 0.416 e. The number of ether oxygens (including phenoxy) is 2. The van der Waals surface area contributed by atoms with Gasteiger partial charge in [0.1, 0.15) is 17.1 Å². The lowest BCUT2D eigenvalue weighted by Gasteiger charge is -2.27. The van der Waals surface area contributed by atoms with E-state index in [1.807, 2.05) is 5.32 Å². The molecule has 1 aliphatic heterocycles. The summed E-state index contributed by atoms with van der Waals surface area (Å²) in [5.74, 6) is -2.41. The first kappa shape index (κ1) is 25.2. The van der Waals surface area contributed by atoms with Gasteiger partial charge in [0.25, 0.3) is 11.8 Å². The SMILES string of the molecule is COc1ccc(C(=O)Oc2ccccc2/C=C2/C(=O)NC(=O)N(c3cccc(C(F)(F)F)c3)C2=O)cc1. The van der Waals surface area contributed by atoms with Gasteiger partial charge < -0.3 is 9.47 Å². The van der Waals surface area contributed by atoms with Crippen LogP contribution in [0.4, 0.5) is 23.7 Å². The second-order valence-electron chi connectivity index (χ2n) is 7.66. The molecule has 3 aromatic rings. The van der Waals surface area contributed by atoms with Crippen molar-refractivity contribution in [3.8, 4) is 11.5 Å². The molecule has 1 fully saturated rings. The third-order valence-electron chi connectivity index (χ3n) is 5.28. The number of hydrogen-bond acceptors (Lipinski definition) is 6. The van der Waals surface area contributed by atoms with Crippen molar-refractivity contribution >= 4 is 35.6 Å². The first-order chi connectivity index (χ1) is 17.6. The van der Waals surface area contributed by atoms with Crippen LogP contribution in [0.2, 0.25) is 0 Å². The van der Waals surface area contributed by atoms with E-state index < -0.39 is 41.1 Å². The molecule has 188 valence electrons. The largest absolute Gasteiger partial charge is 0.497 e. The summed E-state index contributed by atoms with van der Waals surface area (Å²) in [6, 6.07) is 14.5. The van der Waals surface area contributed by atoms with Gasteiger partial charge in [0, 0.05) is 5.56 Å². The fourth-order valence-corrected chi connectivity index (χ4v) is 3.45. The number of carbonyl (C=O) groups is 4. The number of nitrogens with zero attached hydrogens (tertiary/aromatic N) is 1. The van der Waals surface area contributed by atoms with Crippen LogP contribution in [0.25, 0.3) is 6.08 Å². The number of para-hydroxylation sites is 1. The van der Waals surface area contributed by atoms with E-state index in [1.54, 1.807) is 24.3 Å². The Bertz CT molecular complexity index is 1430. The summed E-state index contributed by atoms with van der Waals surface area (Å²) in [4.78, 5) is 51.0. The molecule has 0 unspecified atom stereocenters. The minimum atomic E-state index is -4.72. The van der Waals surface area contributed by atoms with Crippen molar-refractivity contribution < 1.29 is 41.8 Å². The van der Waals surface area contributed by atoms with Crippen molar-refractivity contribution in [1.82, 2.24) is 5.32 Å². The lowest BCUT2D eigenvalue weighted by atomic mass is 10.1. The van der Waals surface area contributed by atoms with Gasteiger partial charge in [0.2, 0.25) is 0 Å². The number of alkyl halides is 3. The third kappa shape index (κ3) is 5.35. The summed E-state index contributed by atoms with van der Waals surface area (Å²) in [5, 5.41) is 1.94. The fourth-order valence-electron chi connectivity index (χ4n) is 3.45. The Labute approximate surface area is 207 Å². The lowest BCUT2D eigenvalue weighted by Crippen LogP contribution is -2.54. The van der Waals surface area contributed by atoms with Gasteiger partial charge in [-0.3, -0.25) is 14.9 Å². The van der Waals surface area contributed by atoms with Crippen molar-refractivity contribution in [2.75, 3.05) is 12.0 Å². The van der Waals surface area contributed by atoms with Crippen LogP contribution in [0, 0.1) is 0 Å². The number of rotatable bonds is 5. The fraction of sp³-hybridized carbons (Fsp3) is 0.0769. The van der Waals surface area contributed by atoms with E-state index in [2.05, 4.69) is 0 Å². The molecule has 0 aliphatic carbocycles. The Kier molecular flexibility index (Phi) is 6.79. The monoisotopic (exact) mass is 510 g/mol. The molecule has 0 spiro atoms. The van der Waals surface area contributed by atoms with E-state index in [9.17, 15) is 32.3 Å². The van der Waals surface area contributed by atoms with E-state index in [-0.39, 0.29) is 22.6 Å². The van der Waals surface area contributed by atoms with Crippen LogP contribution in [0.15, 0.2) is 78.4 Å². The molecule has 1 heterocycles. The first-order valence-electron chi connectivity index (χ1n) is 10.6. The number of anilines is 1. The molecule has 0 radical (unpaired) electrons. The number of methoxy groups -OCH3 is 1. The van der Waals surface area contributed by atoms with E-state index >= 15 is 0 Å². The van der Waals surface area contributed by atoms with Crippen molar-refractivity contribution in [2.24, 2.45) is 0 Å². The van der Waals surface area contributed by atoms with Crippen LogP contribution < -0.4 is 19.7 Å². The van der Waals surface area contributed by atoms with Crippen LogP contribution in [-0.4, -0.2) is 30.9 Å². The van der Waals surface area contributed by atoms with Gasteiger partial charge in [-0.1, -0.05) is 24.3 Å². The third-order valence-corrected chi connectivity index (χ3v) is 5.28. The minimum Gasteiger partial charge on any atom is -0.497 e. The van der Waals surface area contributed by atoms with E-state index in [4.69, 9.17) is 9.47 Å². The molecule has 4 rings (SSSR count). The summed E-state index contributed by atoms with van der Waals surface area (Å²) in [6.45, 7) is 0. The second kappa shape index (κ2) is 9.97. The van der Waals surface area contributed by atoms with Gasteiger partial charge in [0.05, 0.1) is 23.9 Å². The molecule has 0 atom stereocenters. The van der Waals surface area contributed by atoms with Crippen molar-refractivity contribution in [3.05, 3.63) is 95.1 Å². The number of benzene rings is 3. The number of esters is 1. The summed E-state index contributed by atoms with van der Waals surface area (Å²) in [5.41, 5.74) is -1.67. The molecule has 0 bridgehead atoms. The molecule has 1 aliphatic rings. The van der Waals surface area contributed by atoms with Crippen LogP contribution in [-0.2, 0) is 15.8 Å². The number of hydrogen-bond donors (Lipinski definition) is 1. The Morgan fingerprint density at radius 2 is 1.65 bits per heavy atom. The number of carbonyl (C=O) groups excluding carboxylic acids is 4. The van der Waals surface area contributed by atoms with Gasteiger partial charge >= 0.3 is 18.2 Å². The molecule has 8 nitrogen and oxygen atoms in total. The Morgan fingerprint density at radius 3 is 2.32 bits per heavy atom. The average Bonchev–Trinajstić information content (AvgIpc) is 2.87. The van der Waals surface area contributed by atoms with Gasteiger partial charge in [-0.2, -0.15) is 13.2 Å². The van der Waals surface area contributed by atoms with Crippen LogP contribution >= 0.6 is 0 Å². The summed E-state index contributed by atoms with van der Waals surface area (Å²) >= 11 is 0. The number of barbiturate groups is 1. The molecule has 11 heteroatoms. The number of urea groups is 1. The Balaban J connectivity index is 1.66. The predicted molar refractivity (Wildman–Crippen MR) is 125 cm³/mol. The van der Waals surface area contributed by atoms with Crippen LogP contribution in [0.3, 0.4) is 0 Å². The highest BCUT2D eigenvalue weighted by Gasteiger charge is 2.38. The minimum absolute atomic E-state index is 0.000984. The number of imide groups is 2. The van der Waals surface area contributed by atoms with E-state index in [0.29, 0.717) is 16.7 Å².